The summed E-state index contributed by atoms with van der Waals surface area (Å²) in [5, 5.41) is 11.5. The zero-order valence-corrected chi connectivity index (χ0v) is 19.3. The minimum Gasteiger partial charge on any atom is -0.356 e. The van der Waals surface area contributed by atoms with Crippen LogP contribution in [0.3, 0.4) is 0 Å². The smallest absolute Gasteiger partial charge is 0.251 e. The molecule has 1 aromatic carbocycles. The number of halogens is 1. The Morgan fingerprint density at radius 2 is 2.04 bits per heavy atom. The molecule has 0 saturated carbocycles. The van der Waals surface area contributed by atoms with Gasteiger partial charge >= 0.3 is 0 Å². The monoisotopic (exact) mass is 500 g/mol. The van der Waals surface area contributed by atoms with Gasteiger partial charge in [-0.3, -0.25) is 9.79 Å². The lowest BCUT2D eigenvalue weighted by atomic mass is 10.1. The second-order valence-corrected chi connectivity index (χ2v) is 7.33. The molecule has 0 aliphatic rings. The fraction of sp³-hybridized carbons (Fsp3) is 0.400. The third kappa shape index (κ3) is 8.30. The zero-order chi connectivity index (χ0) is 18.8. The molecular weight excluding hydrogens is 471 g/mol. The first-order valence-electron chi connectivity index (χ1n) is 8.90. The largest absolute Gasteiger partial charge is 0.356 e. The van der Waals surface area contributed by atoms with Crippen LogP contribution >= 0.6 is 35.3 Å². The van der Waals surface area contributed by atoms with Gasteiger partial charge in [-0.15, -0.1) is 35.3 Å². The van der Waals surface area contributed by atoms with Crippen LogP contribution in [-0.2, 0) is 12.8 Å². The molecular formula is C20H29IN4OS. The number of carbonyl (C=O) groups is 1. The zero-order valence-electron chi connectivity index (χ0n) is 16.1. The van der Waals surface area contributed by atoms with Crippen molar-refractivity contribution in [1.29, 1.82) is 0 Å². The number of hydrogen-bond donors (Lipinski definition) is 3. The van der Waals surface area contributed by atoms with E-state index in [-0.39, 0.29) is 29.9 Å². The summed E-state index contributed by atoms with van der Waals surface area (Å²) in [6.07, 6.45) is 1.91. The normalized spacial score (nSPS) is 12.0. The van der Waals surface area contributed by atoms with Crippen molar-refractivity contribution in [3.8, 4) is 0 Å². The minimum atomic E-state index is -0.0583. The Kier molecular flexibility index (Phi) is 11.0. The number of nitrogens with one attached hydrogen (secondary N) is 3. The molecule has 1 unspecified atom stereocenters. The SMILES string of the molecule is CN=C(NCCc1cccc(C(=O)NC)c1)NCC(C)Cc1cccs1.I. The van der Waals surface area contributed by atoms with Gasteiger partial charge in [-0.25, -0.2) is 0 Å². The molecule has 5 nitrogen and oxygen atoms in total. The van der Waals surface area contributed by atoms with Gasteiger partial charge in [0, 0.05) is 37.6 Å². The number of benzene rings is 1. The summed E-state index contributed by atoms with van der Waals surface area (Å²) in [6.45, 7) is 3.88. The van der Waals surface area contributed by atoms with Gasteiger partial charge in [-0.1, -0.05) is 25.1 Å². The average molecular weight is 500 g/mol. The molecule has 0 bridgehead atoms. The third-order valence-corrected chi connectivity index (χ3v) is 4.99. The van der Waals surface area contributed by atoms with Crippen molar-refractivity contribution in [3.05, 3.63) is 57.8 Å². The molecule has 0 radical (unpaired) electrons. The van der Waals surface area contributed by atoms with Crippen molar-refractivity contribution >= 4 is 47.2 Å². The Bertz CT molecular complexity index is 719. The van der Waals surface area contributed by atoms with E-state index in [0.29, 0.717) is 11.5 Å². The average Bonchev–Trinajstić information content (AvgIpc) is 3.17. The Balaban J connectivity index is 0.00000364. The van der Waals surface area contributed by atoms with Crippen molar-refractivity contribution in [1.82, 2.24) is 16.0 Å². The summed E-state index contributed by atoms with van der Waals surface area (Å²) >= 11 is 1.81. The van der Waals surface area contributed by atoms with Gasteiger partial charge in [-0.2, -0.15) is 0 Å². The van der Waals surface area contributed by atoms with Gasteiger partial charge < -0.3 is 16.0 Å². The van der Waals surface area contributed by atoms with Crippen molar-refractivity contribution in [2.45, 2.75) is 19.8 Å². The second kappa shape index (κ2) is 12.7. The summed E-state index contributed by atoms with van der Waals surface area (Å²) in [4.78, 5) is 17.4. The summed E-state index contributed by atoms with van der Waals surface area (Å²) in [7, 11) is 3.43. The first kappa shape index (κ1) is 23.4. The lowest BCUT2D eigenvalue weighted by Crippen LogP contribution is -2.40. The predicted octanol–water partition coefficient (Wildman–Crippen LogP) is 3.31. The van der Waals surface area contributed by atoms with E-state index in [1.807, 2.05) is 24.3 Å². The van der Waals surface area contributed by atoms with Crippen LogP contribution in [0.5, 0.6) is 0 Å². The van der Waals surface area contributed by atoms with Gasteiger partial charge in [0.25, 0.3) is 5.91 Å². The highest BCUT2D eigenvalue weighted by atomic mass is 127. The predicted molar refractivity (Wildman–Crippen MR) is 126 cm³/mol. The van der Waals surface area contributed by atoms with Gasteiger partial charge in [0.15, 0.2) is 5.96 Å². The first-order chi connectivity index (χ1) is 12.6. The highest BCUT2D eigenvalue weighted by Crippen LogP contribution is 2.13. The van der Waals surface area contributed by atoms with Crippen LogP contribution < -0.4 is 16.0 Å². The summed E-state index contributed by atoms with van der Waals surface area (Å²) in [6, 6.07) is 12.0. The molecule has 0 aliphatic carbocycles. The van der Waals surface area contributed by atoms with E-state index in [2.05, 4.69) is 45.4 Å². The summed E-state index contributed by atoms with van der Waals surface area (Å²) < 4.78 is 0. The molecule has 27 heavy (non-hydrogen) atoms. The topological polar surface area (TPSA) is 65.5 Å². The molecule has 2 rings (SSSR count). The van der Waals surface area contributed by atoms with E-state index in [4.69, 9.17) is 0 Å². The van der Waals surface area contributed by atoms with E-state index in [1.54, 1.807) is 25.4 Å². The van der Waals surface area contributed by atoms with Gasteiger partial charge in [0.05, 0.1) is 0 Å². The fourth-order valence-electron chi connectivity index (χ4n) is 2.67. The van der Waals surface area contributed by atoms with E-state index in [1.165, 1.54) is 4.88 Å². The van der Waals surface area contributed by atoms with E-state index in [0.717, 1.165) is 37.5 Å². The number of hydrogen-bond acceptors (Lipinski definition) is 3. The van der Waals surface area contributed by atoms with Crippen LogP contribution in [0.4, 0.5) is 0 Å². The van der Waals surface area contributed by atoms with Crippen molar-refractivity contribution < 1.29 is 4.79 Å². The molecule has 0 spiro atoms. The van der Waals surface area contributed by atoms with Crippen LogP contribution in [0.15, 0.2) is 46.8 Å². The number of carbonyl (C=O) groups excluding carboxylic acids is 1. The van der Waals surface area contributed by atoms with Crippen LogP contribution in [0.2, 0.25) is 0 Å². The fourth-order valence-corrected chi connectivity index (χ4v) is 3.54. The lowest BCUT2D eigenvalue weighted by Gasteiger charge is -2.15. The molecule has 1 amide bonds. The van der Waals surface area contributed by atoms with E-state index >= 15 is 0 Å². The highest BCUT2D eigenvalue weighted by molar-refractivity contribution is 14.0. The standard InChI is InChI=1S/C20H28N4OS.HI/c1-15(12-18-8-5-11-26-18)14-24-20(22-3)23-10-9-16-6-4-7-17(13-16)19(25)21-2;/h4-8,11,13,15H,9-10,12,14H2,1-3H3,(H,21,25)(H2,22,23,24);1H. The Morgan fingerprint density at radius 1 is 1.22 bits per heavy atom. The van der Waals surface area contributed by atoms with E-state index in [9.17, 15) is 4.79 Å². The summed E-state index contributed by atoms with van der Waals surface area (Å²) in [5.74, 6) is 1.29. The molecule has 2 aromatic rings. The number of amides is 1. The van der Waals surface area contributed by atoms with Crippen molar-refractivity contribution in [2.24, 2.45) is 10.9 Å². The number of nitrogens with zero attached hydrogens (tertiary/aromatic N) is 1. The maximum absolute atomic E-state index is 11.7. The molecule has 0 saturated heterocycles. The molecule has 7 heteroatoms. The Morgan fingerprint density at radius 3 is 2.70 bits per heavy atom. The van der Waals surface area contributed by atoms with Crippen LogP contribution in [0, 0.1) is 5.92 Å². The van der Waals surface area contributed by atoms with Crippen LogP contribution in [-0.4, -0.2) is 39.1 Å². The Hall–Kier alpha value is -1.61. The maximum atomic E-state index is 11.7. The number of aliphatic imine (C=N–C) groups is 1. The van der Waals surface area contributed by atoms with Gasteiger partial charge in [-0.05, 0) is 47.9 Å². The highest BCUT2D eigenvalue weighted by Gasteiger charge is 2.07. The Labute approximate surface area is 183 Å². The summed E-state index contributed by atoms with van der Waals surface area (Å²) in [5.41, 5.74) is 1.81. The molecule has 0 fully saturated rings. The van der Waals surface area contributed by atoms with Crippen molar-refractivity contribution in [2.75, 3.05) is 27.2 Å². The molecule has 1 aromatic heterocycles. The van der Waals surface area contributed by atoms with Crippen LogP contribution in [0.25, 0.3) is 0 Å². The van der Waals surface area contributed by atoms with Crippen molar-refractivity contribution in [3.63, 3.8) is 0 Å². The minimum absolute atomic E-state index is 0. The molecule has 1 heterocycles. The van der Waals surface area contributed by atoms with Gasteiger partial charge in [0.1, 0.15) is 0 Å². The van der Waals surface area contributed by atoms with Gasteiger partial charge in [0.2, 0.25) is 0 Å². The number of guanidine groups is 1. The number of rotatable bonds is 8. The third-order valence-electron chi connectivity index (χ3n) is 4.09. The maximum Gasteiger partial charge on any atom is 0.251 e. The van der Waals surface area contributed by atoms with E-state index < -0.39 is 0 Å². The van der Waals surface area contributed by atoms with Crippen LogP contribution in [0.1, 0.15) is 27.7 Å². The molecule has 148 valence electrons. The molecule has 1 atom stereocenters. The quantitative estimate of drug-likeness (QED) is 0.296. The lowest BCUT2D eigenvalue weighted by molar-refractivity contribution is 0.0963. The first-order valence-corrected chi connectivity index (χ1v) is 9.78. The second-order valence-electron chi connectivity index (χ2n) is 6.30. The molecule has 0 aliphatic heterocycles. The number of thiophene rings is 1. The molecule has 3 N–H and O–H groups in total.